The van der Waals surface area contributed by atoms with Gasteiger partial charge in [0, 0.05) is 38.7 Å². The Morgan fingerprint density at radius 1 is 1.18 bits per heavy atom. The van der Waals surface area contributed by atoms with E-state index in [-0.39, 0.29) is 5.78 Å². The van der Waals surface area contributed by atoms with Crippen molar-refractivity contribution < 1.29 is 4.79 Å². The molecule has 0 amide bonds. The molecule has 0 bridgehead atoms. The first-order valence-corrected chi connectivity index (χ1v) is 8.57. The number of ketones is 1. The van der Waals surface area contributed by atoms with Gasteiger partial charge in [-0.2, -0.15) is 0 Å². The Kier molecular flexibility index (Phi) is 4.59. The molecular formula is C17H12ClIN2O. The summed E-state index contributed by atoms with van der Waals surface area (Å²) in [5, 5.41) is 0.576. The van der Waals surface area contributed by atoms with Gasteiger partial charge >= 0.3 is 0 Å². The van der Waals surface area contributed by atoms with Crippen molar-refractivity contribution in [3.05, 3.63) is 82.9 Å². The Balaban J connectivity index is 1.94. The van der Waals surface area contributed by atoms with E-state index in [1.165, 1.54) is 0 Å². The molecule has 1 heterocycles. The minimum Gasteiger partial charge on any atom is -0.306 e. The zero-order valence-electron chi connectivity index (χ0n) is 11.5. The summed E-state index contributed by atoms with van der Waals surface area (Å²) in [6.07, 6.45) is 5.31. The molecular weight excluding hydrogens is 411 g/mol. The molecule has 3 nitrogen and oxygen atoms in total. The first-order chi connectivity index (χ1) is 10.7. The van der Waals surface area contributed by atoms with E-state index in [2.05, 4.69) is 27.6 Å². The highest BCUT2D eigenvalue weighted by atomic mass is 127. The van der Waals surface area contributed by atoms with Crippen LogP contribution in [0.1, 0.15) is 21.5 Å². The molecule has 0 aliphatic carbocycles. The van der Waals surface area contributed by atoms with Gasteiger partial charge in [-0.15, -0.1) is 0 Å². The Bertz CT molecular complexity index is 798. The van der Waals surface area contributed by atoms with Crippen LogP contribution in [0.3, 0.4) is 0 Å². The second kappa shape index (κ2) is 6.62. The molecule has 5 heteroatoms. The first-order valence-electron chi connectivity index (χ1n) is 6.66. The number of carbonyl (C=O) groups excluding carboxylic acids is 1. The molecule has 0 fully saturated rings. The standard InChI is InChI=1S/C17H12ClIN2O/c18-14-4-1-13(10-19)16(9-14)17(22)12-2-5-15(6-3-12)21-8-7-20-11-21/h1-9,11H,10H2. The lowest BCUT2D eigenvalue weighted by Crippen LogP contribution is -2.05. The fourth-order valence-electron chi connectivity index (χ4n) is 2.23. The molecule has 0 unspecified atom stereocenters. The summed E-state index contributed by atoms with van der Waals surface area (Å²) in [5.41, 5.74) is 3.28. The van der Waals surface area contributed by atoms with Gasteiger partial charge < -0.3 is 4.57 Å². The van der Waals surface area contributed by atoms with Crippen LogP contribution in [0.5, 0.6) is 0 Å². The van der Waals surface area contributed by atoms with Crippen molar-refractivity contribution in [3.8, 4) is 5.69 Å². The minimum atomic E-state index is -0.00801. The molecule has 0 atom stereocenters. The summed E-state index contributed by atoms with van der Waals surface area (Å²) < 4.78 is 2.66. The number of alkyl halides is 1. The number of hydrogen-bond donors (Lipinski definition) is 0. The molecule has 3 rings (SSSR count). The van der Waals surface area contributed by atoms with Crippen molar-refractivity contribution in [2.75, 3.05) is 0 Å². The largest absolute Gasteiger partial charge is 0.306 e. The van der Waals surface area contributed by atoms with Gasteiger partial charge in [0.25, 0.3) is 0 Å². The molecule has 0 radical (unpaired) electrons. The van der Waals surface area contributed by atoms with Crippen molar-refractivity contribution in [2.24, 2.45) is 0 Å². The predicted molar refractivity (Wildman–Crippen MR) is 96.2 cm³/mol. The van der Waals surface area contributed by atoms with Crippen LogP contribution in [0.25, 0.3) is 5.69 Å². The van der Waals surface area contributed by atoms with Crippen molar-refractivity contribution >= 4 is 40.0 Å². The highest BCUT2D eigenvalue weighted by Crippen LogP contribution is 2.22. The van der Waals surface area contributed by atoms with Crippen molar-refractivity contribution in [3.63, 3.8) is 0 Å². The average Bonchev–Trinajstić information content (AvgIpc) is 3.09. The van der Waals surface area contributed by atoms with Crippen molar-refractivity contribution in [1.29, 1.82) is 0 Å². The van der Waals surface area contributed by atoms with E-state index >= 15 is 0 Å². The fourth-order valence-corrected chi connectivity index (χ4v) is 3.07. The van der Waals surface area contributed by atoms with Crippen LogP contribution >= 0.6 is 34.2 Å². The molecule has 0 N–H and O–H groups in total. The molecule has 3 aromatic rings. The molecule has 0 aliphatic rings. The molecule has 0 saturated heterocycles. The van der Waals surface area contributed by atoms with Gasteiger partial charge in [0.05, 0.1) is 6.33 Å². The fraction of sp³-hybridized carbons (Fsp3) is 0.0588. The second-order valence-electron chi connectivity index (χ2n) is 4.78. The number of carbonyl (C=O) groups is 1. The van der Waals surface area contributed by atoms with Crippen LogP contribution in [0.4, 0.5) is 0 Å². The van der Waals surface area contributed by atoms with Crippen LogP contribution in [0, 0.1) is 0 Å². The molecule has 0 spiro atoms. The molecule has 0 saturated carbocycles. The lowest BCUT2D eigenvalue weighted by Gasteiger charge is -2.08. The van der Waals surface area contributed by atoms with E-state index in [1.54, 1.807) is 18.6 Å². The van der Waals surface area contributed by atoms with Crippen LogP contribution in [0.2, 0.25) is 5.02 Å². The van der Waals surface area contributed by atoms with Gasteiger partial charge in [0.2, 0.25) is 0 Å². The number of aromatic nitrogens is 2. The predicted octanol–water partition coefficient (Wildman–Crippen LogP) is 4.69. The smallest absolute Gasteiger partial charge is 0.193 e. The summed E-state index contributed by atoms with van der Waals surface area (Å²) in [5.74, 6) is -0.00801. The quantitative estimate of drug-likeness (QED) is 0.347. The zero-order valence-corrected chi connectivity index (χ0v) is 14.5. The number of hydrogen-bond acceptors (Lipinski definition) is 2. The number of halogens is 2. The van der Waals surface area contributed by atoms with E-state index in [0.717, 1.165) is 15.7 Å². The minimum absolute atomic E-state index is 0.00801. The summed E-state index contributed by atoms with van der Waals surface area (Å²) in [7, 11) is 0. The number of rotatable bonds is 4. The van der Waals surface area contributed by atoms with Crippen LogP contribution in [-0.2, 0) is 4.43 Å². The topological polar surface area (TPSA) is 34.9 Å². The summed E-state index contributed by atoms with van der Waals surface area (Å²) >= 11 is 8.28. The van der Waals surface area contributed by atoms with E-state index in [9.17, 15) is 4.79 Å². The average molecular weight is 423 g/mol. The van der Waals surface area contributed by atoms with Crippen molar-refractivity contribution in [1.82, 2.24) is 9.55 Å². The number of imidazole rings is 1. The summed E-state index contributed by atoms with van der Waals surface area (Å²) in [6, 6.07) is 12.9. The third-order valence-corrected chi connectivity index (χ3v) is 4.45. The van der Waals surface area contributed by atoms with Crippen molar-refractivity contribution in [2.45, 2.75) is 4.43 Å². The van der Waals surface area contributed by atoms with E-state index in [4.69, 9.17) is 11.6 Å². The summed E-state index contributed by atoms with van der Waals surface area (Å²) in [4.78, 5) is 16.7. The van der Waals surface area contributed by atoms with Gasteiger partial charge in [-0.3, -0.25) is 4.79 Å². The second-order valence-corrected chi connectivity index (χ2v) is 5.98. The van der Waals surface area contributed by atoms with Crippen LogP contribution < -0.4 is 0 Å². The highest BCUT2D eigenvalue weighted by molar-refractivity contribution is 14.1. The maximum atomic E-state index is 12.7. The van der Waals surface area contributed by atoms with Crippen LogP contribution in [0.15, 0.2) is 61.2 Å². The summed E-state index contributed by atoms with van der Waals surface area (Å²) in [6.45, 7) is 0. The normalized spacial score (nSPS) is 10.6. The van der Waals surface area contributed by atoms with Crippen LogP contribution in [-0.4, -0.2) is 15.3 Å². The highest BCUT2D eigenvalue weighted by Gasteiger charge is 2.14. The first kappa shape index (κ1) is 15.2. The Morgan fingerprint density at radius 3 is 2.59 bits per heavy atom. The third kappa shape index (κ3) is 3.08. The third-order valence-electron chi connectivity index (χ3n) is 3.39. The molecule has 0 aliphatic heterocycles. The number of nitrogens with zero attached hydrogens (tertiary/aromatic N) is 2. The molecule has 2 aromatic carbocycles. The Morgan fingerprint density at radius 2 is 1.95 bits per heavy atom. The Hall–Kier alpha value is -1.66. The van der Waals surface area contributed by atoms with Gasteiger partial charge in [-0.05, 0) is 42.0 Å². The number of benzene rings is 2. The lowest BCUT2D eigenvalue weighted by molar-refractivity contribution is 0.103. The van der Waals surface area contributed by atoms with E-state index < -0.39 is 0 Å². The molecule has 1 aromatic heterocycles. The van der Waals surface area contributed by atoms with Gasteiger partial charge in [0.15, 0.2) is 5.78 Å². The lowest BCUT2D eigenvalue weighted by atomic mass is 9.99. The maximum Gasteiger partial charge on any atom is 0.193 e. The monoisotopic (exact) mass is 422 g/mol. The molecule has 110 valence electrons. The van der Waals surface area contributed by atoms with E-state index in [1.807, 2.05) is 47.2 Å². The Labute approximate surface area is 147 Å². The van der Waals surface area contributed by atoms with Gasteiger partial charge in [-0.1, -0.05) is 40.3 Å². The van der Waals surface area contributed by atoms with Gasteiger partial charge in [0.1, 0.15) is 0 Å². The van der Waals surface area contributed by atoms with Gasteiger partial charge in [-0.25, -0.2) is 4.98 Å². The van der Waals surface area contributed by atoms with E-state index in [0.29, 0.717) is 16.1 Å². The zero-order chi connectivity index (χ0) is 15.5. The molecule has 22 heavy (non-hydrogen) atoms. The SMILES string of the molecule is O=C(c1ccc(-n2ccnc2)cc1)c1cc(Cl)ccc1CI. The maximum absolute atomic E-state index is 12.7.